The minimum absolute atomic E-state index is 0.194. The van der Waals surface area contributed by atoms with E-state index < -0.39 is 0 Å². The highest BCUT2D eigenvalue weighted by Gasteiger charge is 2.11. The van der Waals surface area contributed by atoms with E-state index in [9.17, 15) is 4.79 Å². The van der Waals surface area contributed by atoms with E-state index in [0.717, 1.165) is 29.2 Å². The number of carbonyl (C=O) groups excluding carboxylic acids is 1. The lowest BCUT2D eigenvalue weighted by Gasteiger charge is -2.19. The summed E-state index contributed by atoms with van der Waals surface area (Å²) in [5, 5.41) is 0. The fourth-order valence-electron chi connectivity index (χ4n) is 1.95. The van der Waals surface area contributed by atoms with E-state index in [1.165, 1.54) is 7.11 Å². The van der Waals surface area contributed by atoms with Crippen LogP contribution >= 0.6 is 0 Å². The molecule has 1 aromatic carbocycles. The molecule has 0 N–H and O–H groups in total. The Labute approximate surface area is 120 Å². The Kier molecular flexibility index (Phi) is 6.31. The van der Waals surface area contributed by atoms with Crippen LogP contribution in [0.5, 0.6) is 11.5 Å². The van der Waals surface area contributed by atoms with Gasteiger partial charge in [-0.3, -0.25) is 4.79 Å². The summed E-state index contributed by atoms with van der Waals surface area (Å²) >= 11 is 0. The normalized spacial score (nSPS) is 10.5. The lowest BCUT2D eigenvalue weighted by atomic mass is 10.1. The number of rotatable bonds is 7. The molecule has 0 aromatic heterocycles. The summed E-state index contributed by atoms with van der Waals surface area (Å²) in [6, 6.07) is 3.94. The third-order valence-electron chi connectivity index (χ3n) is 3.21. The highest BCUT2D eigenvalue weighted by Crippen LogP contribution is 2.30. The van der Waals surface area contributed by atoms with Crippen LogP contribution in [-0.4, -0.2) is 45.8 Å². The molecule has 0 atom stereocenters. The van der Waals surface area contributed by atoms with E-state index in [0.29, 0.717) is 13.0 Å². The Morgan fingerprint density at radius 1 is 1.15 bits per heavy atom. The highest BCUT2D eigenvalue weighted by atomic mass is 16.5. The van der Waals surface area contributed by atoms with Gasteiger partial charge in [-0.15, -0.1) is 0 Å². The smallest absolute Gasteiger partial charge is 0.306 e. The molecule has 0 amide bonds. The Hall–Kier alpha value is -1.75. The number of methoxy groups -OCH3 is 3. The molecule has 0 unspecified atom stereocenters. The van der Waals surface area contributed by atoms with Gasteiger partial charge in [-0.1, -0.05) is 0 Å². The highest BCUT2D eigenvalue weighted by molar-refractivity contribution is 5.69. The van der Waals surface area contributed by atoms with Crippen LogP contribution in [0, 0.1) is 6.92 Å². The minimum atomic E-state index is -0.194. The fraction of sp³-hybridized carbons (Fsp3) is 0.533. The maximum atomic E-state index is 11.1. The molecule has 5 nitrogen and oxygen atoms in total. The van der Waals surface area contributed by atoms with Gasteiger partial charge in [0, 0.05) is 13.1 Å². The van der Waals surface area contributed by atoms with Crippen molar-refractivity contribution in [3.8, 4) is 11.5 Å². The van der Waals surface area contributed by atoms with Gasteiger partial charge in [-0.05, 0) is 37.2 Å². The standard InChI is InChI=1S/C15H23NO4/c1-11-8-13(18-3)14(19-4)9-12(11)10-16(2)7-6-15(17)20-5/h8-9H,6-7,10H2,1-5H3. The van der Waals surface area contributed by atoms with Crippen molar-refractivity contribution in [1.29, 1.82) is 0 Å². The molecule has 0 saturated heterocycles. The number of nitrogens with zero attached hydrogens (tertiary/aromatic N) is 1. The molecule has 0 heterocycles. The summed E-state index contributed by atoms with van der Waals surface area (Å²) in [7, 11) is 6.62. The molecule has 112 valence electrons. The number of carbonyl (C=O) groups is 1. The average molecular weight is 281 g/mol. The molecule has 0 aliphatic rings. The van der Waals surface area contributed by atoms with Gasteiger partial charge in [0.25, 0.3) is 0 Å². The van der Waals surface area contributed by atoms with Crippen molar-refractivity contribution in [3.05, 3.63) is 23.3 Å². The SMILES string of the molecule is COC(=O)CCN(C)Cc1cc(OC)c(OC)cc1C. The van der Waals surface area contributed by atoms with Gasteiger partial charge in [-0.2, -0.15) is 0 Å². The largest absolute Gasteiger partial charge is 0.493 e. The second kappa shape index (κ2) is 7.75. The number of aryl methyl sites for hydroxylation is 1. The molecule has 20 heavy (non-hydrogen) atoms. The number of esters is 1. The maximum Gasteiger partial charge on any atom is 0.306 e. The molecular formula is C15H23NO4. The number of ether oxygens (including phenoxy) is 3. The Morgan fingerprint density at radius 2 is 1.75 bits per heavy atom. The van der Waals surface area contributed by atoms with Crippen LogP contribution < -0.4 is 9.47 Å². The molecule has 0 fully saturated rings. The predicted octanol–water partition coefficient (Wildman–Crippen LogP) is 2.01. The van der Waals surface area contributed by atoms with Crippen molar-refractivity contribution < 1.29 is 19.0 Å². The zero-order valence-electron chi connectivity index (χ0n) is 12.9. The molecule has 0 radical (unpaired) electrons. The molecule has 1 aromatic rings. The third kappa shape index (κ3) is 4.42. The second-order valence-electron chi connectivity index (χ2n) is 4.70. The summed E-state index contributed by atoms with van der Waals surface area (Å²) in [6.45, 7) is 3.43. The molecule has 0 bridgehead atoms. The zero-order chi connectivity index (χ0) is 15.1. The van der Waals surface area contributed by atoms with Crippen LogP contribution in [0.25, 0.3) is 0 Å². The van der Waals surface area contributed by atoms with Crippen LogP contribution in [0.3, 0.4) is 0 Å². The van der Waals surface area contributed by atoms with E-state index in [-0.39, 0.29) is 5.97 Å². The Morgan fingerprint density at radius 3 is 2.30 bits per heavy atom. The van der Waals surface area contributed by atoms with Crippen molar-refractivity contribution in [2.24, 2.45) is 0 Å². The fourth-order valence-corrected chi connectivity index (χ4v) is 1.95. The summed E-state index contributed by atoms with van der Waals surface area (Å²) in [6.07, 6.45) is 0.388. The lowest BCUT2D eigenvalue weighted by molar-refractivity contribution is -0.140. The summed E-state index contributed by atoms with van der Waals surface area (Å²) in [5.74, 6) is 1.25. The van der Waals surface area contributed by atoms with E-state index in [1.54, 1.807) is 14.2 Å². The summed E-state index contributed by atoms with van der Waals surface area (Å²) in [5.41, 5.74) is 2.28. The van der Waals surface area contributed by atoms with E-state index in [2.05, 4.69) is 9.64 Å². The van der Waals surface area contributed by atoms with Gasteiger partial charge < -0.3 is 19.1 Å². The third-order valence-corrected chi connectivity index (χ3v) is 3.21. The Balaban J connectivity index is 2.74. The van der Waals surface area contributed by atoms with Crippen LogP contribution in [0.2, 0.25) is 0 Å². The van der Waals surface area contributed by atoms with Crippen LogP contribution in [0.15, 0.2) is 12.1 Å². The van der Waals surface area contributed by atoms with E-state index in [1.807, 2.05) is 26.1 Å². The topological polar surface area (TPSA) is 48.0 Å². The van der Waals surface area contributed by atoms with Crippen molar-refractivity contribution in [2.75, 3.05) is 34.9 Å². The molecule has 0 saturated carbocycles. The molecule has 0 spiro atoms. The van der Waals surface area contributed by atoms with E-state index in [4.69, 9.17) is 9.47 Å². The van der Waals surface area contributed by atoms with Crippen LogP contribution in [-0.2, 0) is 16.1 Å². The first-order valence-electron chi connectivity index (χ1n) is 6.48. The molecular weight excluding hydrogens is 258 g/mol. The van der Waals surface area contributed by atoms with E-state index >= 15 is 0 Å². The second-order valence-corrected chi connectivity index (χ2v) is 4.70. The van der Waals surface area contributed by atoms with Crippen molar-refractivity contribution >= 4 is 5.97 Å². The van der Waals surface area contributed by atoms with Gasteiger partial charge >= 0.3 is 5.97 Å². The lowest BCUT2D eigenvalue weighted by Crippen LogP contribution is -2.22. The van der Waals surface area contributed by atoms with Crippen LogP contribution in [0.1, 0.15) is 17.5 Å². The number of hydrogen-bond donors (Lipinski definition) is 0. The summed E-state index contributed by atoms with van der Waals surface area (Å²) < 4.78 is 15.2. The maximum absolute atomic E-state index is 11.1. The van der Waals surface area contributed by atoms with Gasteiger partial charge in [0.1, 0.15) is 0 Å². The van der Waals surface area contributed by atoms with Crippen molar-refractivity contribution in [3.63, 3.8) is 0 Å². The number of benzene rings is 1. The van der Waals surface area contributed by atoms with Gasteiger partial charge in [-0.25, -0.2) is 0 Å². The Bertz CT molecular complexity index is 459. The quantitative estimate of drug-likeness (QED) is 0.715. The first-order valence-corrected chi connectivity index (χ1v) is 6.48. The summed E-state index contributed by atoms with van der Waals surface area (Å²) in [4.78, 5) is 13.2. The van der Waals surface area contributed by atoms with Gasteiger partial charge in [0.05, 0.1) is 27.8 Å². The molecule has 0 aliphatic heterocycles. The first kappa shape index (κ1) is 16.3. The average Bonchev–Trinajstić information content (AvgIpc) is 2.46. The predicted molar refractivity (Wildman–Crippen MR) is 77.3 cm³/mol. The molecule has 0 aliphatic carbocycles. The zero-order valence-corrected chi connectivity index (χ0v) is 12.9. The van der Waals surface area contributed by atoms with Gasteiger partial charge in [0.2, 0.25) is 0 Å². The van der Waals surface area contributed by atoms with Crippen molar-refractivity contribution in [2.45, 2.75) is 19.9 Å². The molecule has 5 heteroatoms. The first-order chi connectivity index (χ1) is 9.51. The van der Waals surface area contributed by atoms with Crippen molar-refractivity contribution in [1.82, 2.24) is 4.90 Å². The molecule has 1 rings (SSSR count). The number of hydrogen-bond acceptors (Lipinski definition) is 5. The minimum Gasteiger partial charge on any atom is -0.493 e. The monoisotopic (exact) mass is 281 g/mol. The van der Waals surface area contributed by atoms with Gasteiger partial charge in [0.15, 0.2) is 11.5 Å². The van der Waals surface area contributed by atoms with Crippen LogP contribution in [0.4, 0.5) is 0 Å².